The predicted molar refractivity (Wildman–Crippen MR) is 79.1 cm³/mol. The number of ketones is 1. The lowest BCUT2D eigenvalue weighted by Gasteiger charge is -2.16. The molecule has 0 aliphatic heterocycles. The maximum absolute atomic E-state index is 12.6. The number of hydrogen-bond donors (Lipinski definition) is 0. The molecular formula is C17H20O5. The topological polar surface area (TPSA) is 69.7 Å². The van der Waals surface area contributed by atoms with E-state index in [1.165, 1.54) is 0 Å². The van der Waals surface area contributed by atoms with E-state index in [2.05, 4.69) is 0 Å². The van der Waals surface area contributed by atoms with E-state index in [1.807, 2.05) is 24.3 Å². The number of esters is 2. The number of carbonyl (C=O) groups excluding carboxylic acids is 3. The van der Waals surface area contributed by atoms with Gasteiger partial charge in [0.2, 0.25) is 0 Å². The quantitative estimate of drug-likeness (QED) is 0.481. The number of fused-ring (bicyclic) bond motifs is 1. The zero-order chi connectivity index (χ0) is 16.1. The molecule has 2 atom stereocenters. The van der Waals surface area contributed by atoms with Crippen LogP contribution in [0.25, 0.3) is 0 Å². The molecule has 1 aromatic rings. The van der Waals surface area contributed by atoms with Crippen LogP contribution in [0.3, 0.4) is 0 Å². The zero-order valence-electron chi connectivity index (χ0n) is 12.8. The molecule has 0 aromatic heterocycles. The minimum atomic E-state index is -0.946. The Bertz CT molecular complexity index is 529. The minimum Gasteiger partial charge on any atom is -0.465 e. The monoisotopic (exact) mass is 304 g/mol. The summed E-state index contributed by atoms with van der Waals surface area (Å²) in [5.41, 5.74) is 1.81. The van der Waals surface area contributed by atoms with Crippen molar-refractivity contribution in [2.45, 2.75) is 26.7 Å². The summed E-state index contributed by atoms with van der Waals surface area (Å²) in [5.74, 6) is -3.44. The van der Waals surface area contributed by atoms with Crippen molar-refractivity contribution in [1.29, 1.82) is 0 Å². The summed E-state index contributed by atoms with van der Waals surface area (Å²) >= 11 is 0. The van der Waals surface area contributed by atoms with Gasteiger partial charge in [0.25, 0.3) is 0 Å². The lowest BCUT2D eigenvalue weighted by Crippen LogP contribution is -2.36. The molecular weight excluding hydrogens is 284 g/mol. The first kappa shape index (κ1) is 16.2. The van der Waals surface area contributed by atoms with Crippen LogP contribution in [-0.4, -0.2) is 30.9 Å². The van der Waals surface area contributed by atoms with Crippen molar-refractivity contribution in [3.63, 3.8) is 0 Å². The summed E-state index contributed by atoms with van der Waals surface area (Å²) in [4.78, 5) is 36.8. The van der Waals surface area contributed by atoms with Gasteiger partial charge in [-0.25, -0.2) is 0 Å². The highest BCUT2D eigenvalue weighted by Crippen LogP contribution is 2.27. The predicted octanol–water partition coefficient (Wildman–Crippen LogP) is 1.71. The smallest absolute Gasteiger partial charge is 0.316 e. The summed E-state index contributed by atoms with van der Waals surface area (Å²) < 4.78 is 10.00. The highest BCUT2D eigenvalue weighted by Gasteiger charge is 2.41. The number of benzene rings is 1. The van der Waals surface area contributed by atoms with E-state index >= 15 is 0 Å². The fourth-order valence-corrected chi connectivity index (χ4v) is 2.72. The Morgan fingerprint density at radius 3 is 1.73 bits per heavy atom. The van der Waals surface area contributed by atoms with Crippen molar-refractivity contribution in [1.82, 2.24) is 0 Å². The van der Waals surface area contributed by atoms with Crippen LogP contribution in [0.1, 0.15) is 25.0 Å². The van der Waals surface area contributed by atoms with Crippen molar-refractivity contribution in [3.05, 3.63) is 35.4 Å². The number of carbonyl (C=O) groups is 3. The van der Waals surface area contributed by atoms with Crippen molar-refractivity contribution < 1.29 is 23.9 Å². The average Bonchev–Trinajstić information content (AvgIpc) is 2.65. The number of rotatable bonds is 4. The van der Waals surface area contributed by atoms with Gasteiger partial charge in [0.15, 0.2) is 5.78 Å². The van der Waals surface area contributed by atoms with Crippen molar-refractivity contribution in [2.75, 3.05) is 13.2 Å². The maximum atomic E-state index is 12.6. The normalized spacial score (nSPS) is 20.7. The second kappa shape index (κ2) is 7.20. The number of ether oxygens (including phenoxy) is 2. The third kappa shape index (κ3) is 3.35. The SMILES string of the molecule is CCOC(=O)C1Cc2ccccc2CC(C(=O)OCC)C1=O. The number of Topliss-reactive ketones (excluding diaryl/α,β-unsaturated/α-hetero) is 1. The number of hydrogen-bond acceptors (Lipinski definition) is 5. The Morgan fingerprint density at radius 1 is 0.955 bits per heavy atom. The van der Waals surface area contributed by atoms with E-state index in [-0.39, 0.29) is 26.1 Å². The highest BCUT2D eigenvalue weighted by atomic mass is 16.5. The molecule has 0 radical (unpaired) electrons. The molecule has 22 heavy (non-hydrogen) atoms. The van der Waals surface area contributed by atoms with Gasteiger partial charge >= 0.3 is 11.9 Å². The van der Waals surface area contributed by atoms with Crippen LogP contribution in [0.2, 0.25) is 0 Å². The van der Waals surface area contributed by atoms with E-state index in [4.69, 9.17) is 9.47 Å². The molecule has 1 aliphatic carbocycles. The third-order valence-electron chi connectivity index (χ3n) is 3.80. The molecule has 0 saturated carbocycles. The van der Waals surface area contributed by atoms with Crippen LogP contribution in [-0.2, 0) is 36.7 Å². The molecule has 5 nitrogen and oxygen atoms in total. The first-order chi connectivity index (χ1) is 10.6. The summed E-state index contributed by atoms with van der Waals surface area (Å²) in [6.45, 7) is 3.79. The Balaban J connectivity index is 2.37. The van der Waals surface area contributed by atoms with Gasteiger partial charge in [0, 0.05) is 0 Å². The molecule has 5 heteroatoms. The van der Waals surface area contributed by atoms with Gasteiger partial charge < -0.3 is 9.47 Å². The molecule has 2 unspecified atom stereocenters. The van der Waals surface area contributed by atoms with Gasteiger partial charge in [0.1, 0.15) is 11.8 Å². The van der Waals surface area contributed by atoms with E-state index < -0.39 is 29.6 Å². The van der Waals surface area contributed by atoms with E-state index in [0.717, 1.165) is 11.1 Å². The standard InChI is InChI=1S/C17H20O5/c1-3-21-16(19)13-9-11-7-5-6-8-12(11)10-14(15(13)18)17(20)22-4-2/h5-8,13-14H,3-4,9-10H2,1-2H3. The Kier molecular flexibility index (Phi) is 5.31. The van der Waals surface area contributed by atoms with E-state index in [1.54, 1.807) is 13.8 Å². The highest BCUT2D eigenvalue weighted by molar-refractivity contribution is 6.09. The van der Waals surface area contributed by atoms with Crippen LogP contribution in [0.15, 0.2) is 24.3 Å². The molecule has 1 aromatic carbocycles. The first-order valence-electron chi connectivity index (χ1n) is 7.52. The molecule has 0 spiro atoms. The molecule has 0 N–H and O–H groups in total. The fourth-order valence-electron chi connectivity index (χ4n) is 2.72. The molecule has 2 rings (SSSR count). The molecule has 0 fully saturated rings. The van der Waals surface area contributed by atoms with Crippen LogP contribution in [0.5, 0.6) is 0 Å². The largest absolute Gasteiger partial charge is 0.465 e. The second-order valence-corrected chi connectivity index (χ2v) is 5.19. The van der Waals surface area contributed by atoms with Crippen molar-refractivity contribution in [2.24, 2.45) is 11.8 Å². The molecule has 0 saturated heterocycles. The van der Waals surface area contributed by atoms with Crippen LogP contribution < -0.4 is 0 Å². The third-order valence-corrected chi connectivity index (χ3v) is 3.80. The average molecular weight is 304 g/mol. The summed E-state index contributed by atoms with van der Waals surface area (Å²) in [5, 5.41) is 0. The van der Waals surface area contributed by atoms with Crippen molar-refractivity contribution in [3.8, 4) is 0 Å². The maximum Gasteiger partial charge on any atom is 0.316 e. The minimum absolute atomic E-state index is 0.203. The van der Waals surface area contributed by atoms with Gasteiger partial charge in [-0.3, -0.25) is 14.4 Å². The fraction of sp³-hybridized carbons (Fsp3) is 0.471. The Hall–Kier alpha value is -2.17. The lowest BCUT2D eigenvalue weighted by atomic mass is 9.90. The summed E-state index contributed by atoms with van der Waals surface area (Å²) in [6, 6.07) is 7.47. The summed E-state index contributed by atoms with van der Waals surface area (Å²) in [6.07, 6.45) is 0.535. The molecule has 118 valence electrons. The van der Waals surface area contributed by atoms with Crippen LogP contribution in [0, 0.1) is 11.8 Å². The van der Waals surface area contributed by atoms with Gasteiger partial charge in [-0.05, 0) is 37.8 Å². The Morgan fingerprint density at radius 2 is 1.36 bits per heavy atom. The molecule has 0 bridgehead atoms. The van der Waals surface area contributed by atoms with Gasteiger partial charge in [-0.1, -0.05) is 24.3 Å². The molecule has 0 amide bonds. The molecule has 0 heterocycles. The van der Waals surface area contributed by atoms with Crippen LogP contribution in [0.4, 0.5) is 0 Å². The summed E-state index contributed by atoms with van der Waals surface area (Å²) in [7, 11) is 0. The van der Waals surface area contributed by atoms with Gasteiger partial charge in [0.05, 0.1) is 13.2 Å². The zero-order valence-corrected chi connectivity index (χ0v) is 12.8. The van der Waals surface area contributed by atoms with Gasteiger partial charge in [-0.15, -0.1) is 0 Å². The second-order valence-electron chi connectivity index (χ2n) is 5.19. The van der Waals surface area contributed by atoms with Crippen LogP contribution >= 0.6 is 0 Å². The molecule has 1 aliphatic rings. The Labute approximate surface area is 129 Å². The van der Waals surface area contributed by atoms with E-state index in [9.17, 15) is 14.4 Å². The van der Waals surface area contributed by atoms with E-state index in [0.29, 0.717) is 0 Å². The lowest BCUT2D eigenvalue weighted by molar-refractivity contribution is -0.157. The van der Waals surface area contributed by atoms with Gasteiger partial charge in [-0.2, -0.15) is 0 Å². The first-order valence-corrected chi connectivity index (χ1v) is 7.52. The van der Waals surface area contributed by atoms with Crippen molar-refractivity contribution >= 4 is 17.7 Å².